The molecule has 0 aliphatic carbocycles. The van der Waals surface area contributed by atoms with Crippen molar-refractivity contribution in [3.05, 3.63) is 26.2 Å². The third-order valence-corrected chi connectivity index (χ3v) is 2.51. The minimum atomic E-state index is -0.0904. The van der Waals surface area contributed by atoms with Gasteiger partial charge in [-0.05, 0) is 29.0 Å². The van der Waals surface area contributed by atoms with Crippen molar-refractivity contribution < 1.29 is 9.47 Å². The van der Waals surface area contributed by atoms with E-state index in [0.717, 1.165) is 9.99 Å². The highest BCUT2D eigenvalue weighted by Gasteiger charge is 1.97. The zero-order valence-corrected chi connectivity index (χ0v) is 11.3. The van der Waals surface area contributed by atoms with Gasteiger partial charge < -0.3 is 9.47 Å². The molecule has 6 heteroatoms. The fourth-order valence-electron chi connectivity index (χ4n) is 1.14. The first-order chi connectivity index (χ1) is 7.74. The fraction of sp³-hybridized carbons (Fsp3) is 0.600. The summed E-state index contributed by atoms with van der Waals surface area (Å²) in [4.78, 5) is 11.4. The molecule has 1 aromatic heterocycles. The number of rotatable bonds is 7. The molecule has 0 amide bonds. The molecule has 0 N–H and O–H groups in total. The number of halogens is 1. The quantitative estimate of drug-likeness (QED) is 0.548. The van der Waals surface area contributed by atoms with Gasteiger partial charge in [0.25, 0.3) is 5.56 Å². The van der Waals surface area contributed by atoms with Gasteiger partial charge in [0.1, 0.15) is 0 Å². The van der Waals surface area contributed by atoms with Crippen LogP contribution in [-0.2, 0) is 16.0 Å². The minimum Gasteiger partial charge on any atom is -0.385 e. The van der Waals surface area contributed by atoms with Crippen molar-refractivity contribution in [1.29, 1.82) is 0 Å². The van der Waals surface area contributed by atoms with Crippen molar-refractivity contribution in [2.45, 2.75) is 13.0 Å². The van der Waals surface area contributed by atoms with Crippen LogP contribution in [0.3, 0.4) is 0 Å². The summed E-state index contributed by atoms with van der Waals surface area (Å²) in [5, 5.41) is 4.00. The second-order valence-electron chi connectivity index (χ2n) is 3.19. The highest BCUT2D eigenvalue weighted by atomic mass is 127. The van der Waals surface area contributed by atoms with E-state index in [1.807, 2.05) is 0 Å². The largest absolute Gasteiger partial charge is 0.385 e. The van der Waals surface area contributed by atoms with Gasteiger partial charge in [-0.3, -0.25) is 4.79 Å². The Labute approximate surface area is 108 Å². The smallest absolute Gasteiger partial charge is 0.267 e. The predicted octanol–water partition coefficient (Wildman–Crippen LogP) is 0.901. The maximum absolute atomic E-state index is 11.4. The molecule has 0 aromatic carbocycles. The molecule has 0 spiro atoms. The lowest BCUT2D eigenvalue weighted by atomic mass is 10.5. The molecule has 1 heterocycles. The Morgan fingerprint density at radius 2 is 2.25 bits per heavy atom. The van der Waals surface area contributed by atoms with E-state index in [9.17, 15) is 4.79 Å². The third kappa shape index (κ3) is 5.04. The van der Waals surface area contributed by atoms with Crippen LogP contribution in [0.5, 0.6) is 0 Å². The van der Waals surface area contributed by atoms with Gasteiger partial charge in [-0.2, -0.15) is 5.10 Å². The van der Waals surface area contributed by atoms with E-state index in [2.05, 4.69) is 27.7 Å². The Morgan fingerprint density at radius 3 is 2.94 bits per heavy atom. The molecule has 1 aromatic rings. The van der Waals surface area contributed by atoms with Gasteiger partial charge in [0, 0.05) is 30.0 Å². The van der Waals surface area contributed by atoms with Crippen LogP contribution >= 0.6 is 22.6 Å². The van der Waals surface area contributed by atoms with E-state index in [4.69, 9.17) is 9.47 Å². The predicted molar refractivity (Wildman–Crippen MR) is 68.5 cm³/mol. The number of methoxy groups -OCH3 is 1. The van der Waals surface area contributed by atoms with Crippen LogP contribution in [0.15, 0.2) is 17.1 Å². The lowest BCUT2D eigenvalue weighted by molar-refractivity contribution is 0.0954. The SMILES string of the molecule is COCCCOCCn1ncc(I)cc1=O. The van der Waals surface area contributed by atoms with Crippen molar-refractivity contribution in [1.82, 2.24) is 9.78 Å². The maximum atomic E-state index is 11.4. The first kappa shape index (κ1) is 13.6. The second kappa shape index (κ2) is 7.75. The summed E-state index contributed by atoms with van der Waals surface area (Å²) in [5.41, 5.74) is -0.0904. The summed E-state index contributed by atoms with van der Waals surface area (Å²) < 4.78 is 12.5. The van der Waals surface area contributed by atoms with Crippen LogP contribution in [0.25, 0.3) is 0 Å². The molecule has 0 saturated carbocycles. The van der Waals surface area contributed by atoms with Crippen molar-refractivity contribution >= 4 is 22.6 Å². The van der Waals surface area contributed by atoms with Crippen LogP contribution in [-0.4, -0.2) is 36.7 Å². The lowest BCUT2D eigenvalue weighted by Gasteiger charge is -2.05. The van der Waals surface area contributed by atoms with Crippen LogP contribution in [0.4, 0.5) is 0 Å². The number of ether oxygens (including phenoxy) is 2. The van der Waals surface area contributed by atoms with E-state index in [0.29, 0.717) is 26.4 Å². The van der Waals surface area contributed by atoms with E-state index in [1.54, 1.807) is 19.4 Å². The average molecular weight is 338 g/mol. The molecule has 0 saturated heterocycles. The van der Waals surface area contributed by atoms with Crippen LogP contribution in [0, 0.1) is 3.57 Å². The Bertz CT molecular complexity index is 367. The highest BCUT2D eigenvalue weighted by Crippen LogP contribution is 1.95. The lowest BCUT2D eigenvalue weighted by Crippen LogP contribution is -2.24. The van der Waals surface area contributed by atoms with E-state index in [1.165, 1.54) is 4.68 Å². The number of hydrogen-bond acceptors (Lipinski definition) is 4. The number of hydrogen-bond donors (Lipinski definition) is 0. The fourth-order valence-corrected chi connectivity index (χ4v) is 1.53. The molecule has 5 nitrogen and oxygen atoms in total. The molecule has 0 bridgehead atoms. The van der Waals surface area contributed by atoms with Gasteiger partial charge in [-0.1, -0.05) is 0 Å². The highest BCUT2D eigenvalue weighted by molar-refractivity contribution is 14.1. The topological polar surface area (TPSA) is 53.4 Å². The van der Waals surface area contributed by atoms with Crippen molar-refractivity contribution in [2.75, 3.05) is 26.9 Å². The zero-order valence-electron chi connectivity index (χ0n) is 9.19. The monoisotopic (exact) mass is 338 g/mol. The Kier molecular flexibility index (Phi) is 6.58. The average Bonchev–Trinajstić information content (AvgIpc) is 2.26. The first-order valence-electron chi connectivity index (χ1n) is 5.03. The molecule has 90 valence electrons. The molecular weight excluding hydrogens is 323 g/mol. The van der Waals surface area contributed by atoms with Gasteiger partial charge in [0.05, 0.1) is 19.3 Å². The van der Waals surface area contributed by atoms with Gasteiger partial charge in [-0.15, -0.1) is 0 Å². The zero-order chi connectivity index (χ0) is 11.8. The summed E-state index contributed by atoms with van der Waals surface area (Å²) in [5.74, 6) is 0. The summed E-state index contributed by atoms with van der Waals surface area (Å²) in [6.07, 6.45) is 2.53. The molecule has 0 atom stereocenters. The molecule has 0 fully saturated rings. The standard InChI is InChI=1S/C10H15IN2O3/c1-15-4-2-5-16-6-3-13-10(14)7-9(11)8-12-13/h7-8H,2-6H2,1H3. The Balaban J connectivity index is 2.24. The summed E-state index contributed by atoms with van der Waals surface area (Å²) in [6.45, 7) is 2.33. The normalized spacial score (nSPS) is 10.6. The number of nitrogens with zero attached hydrogens (tertiary/aromatic N) is 2. The van der Waals surface area contributed by atoms with Gasteiger partial charge in [-0.25, -0.2) is 4.68 Å². The van der Waals surface area contributed by atoms with Crippen LogP contribution in [0.2, 0.25) is 0 Å². The Morgan fingerprint density at radius 1 is 1.44 bits per heavy atom. The summed E-state index contributed by atoms with van der Waals surface area (Å²) >= 11 is 2.06. The van der Waals surface area contributed by atoms with Gasteiger partial charge in [0.2, 0.25) is 0 Å². The molecule has 0 aliphatic heterocycles. The minimum absolute atomic E-state index is 0.0904. The molecule has 16 heavy (non-hydrogen) atoms. The molecule has 0 aliphatic rings. The Hall–Kier alpha value is -0.470. The van der Waals surface area contributed by atoms with Crippen molar-refractivity contribution in [2.24, 2.45) is 0 Å². The molecule has 0 unspecified atom stereocenters. The van der Waals surface area contributed by atoms with Crippen LogP contribution in [0.1, 0.15) is 6.42 Å². The van der Waals surface area contributed by atoms with Gasteiger partial charge >= 0.3 is 0 Å². The first-order valence-corrected chi connectivity index (χ1v) is 6.11. The van der Waals surface area contributed by atoms with E-state index in [-0.39, 0.29) is 5.56 Å². The third-order valence-electron chi connectivity index (χ3n) is 1.92. The molecule has 1 rings (SSSR count). The second-order valence-corrected chi connectivity index (χ2v) is 4.44. The van der Waals surface area contributed by atoms with Crippen molar-refractivity contribution in [3.8, 4) is 0 Å². The van der Waals surface area contributed by atoms with E-state index >= 15 is 0 Å². The molecular formula is C10H15IN2O3. The van der Waals surface area contributed by atoms with Crippen LogP contribution < -0.4 is 5.56 Å². The summed E-state index contributed by atoms with van der Waals surface area (Å²) in [7, 11) is 1.66. The number of aromatic nitrogens is 2. The van der Waals surface area contributed by atoms with Crippen molar-refractivity contribution in [3.63, 3.8) is 0 Å². The molecule has 0 radical (unpaired) electrons. The maximum Gasteiger partial charge on any atom is 0.267 e. The van der Waals surface area contributed by atoms with E-state index < -0.39 is 0 Å². The van der Waals surface area contributed by atoms with Gasteiger partial charge in [0.15, 0.2) is 0 Å². The summed E-state index contributed by atoms with van der Waals surface area (Å²) in [6, 6.07) is 1.55.